The van der Waals surface area contributed by atoms with Crippen molar-refractivity contribution in [2.24, 2.45) is 0 Å². The number of rotatable bonds is 6. The molecule has 0 bridgehead atoms. The van der Waals surface area contributed by atoms with Gasteiger partial charge >= 0.3 is 0 Å². The Balaban J connectivity index is 1.94. The van der Waals surface area contributed by atoms with Gasteiger partial charge in [0.05, 0.1) is 6.61 Å². The zero-order valence-corrected chi connectivity index (χ0v) is 11.0. The average molecular weight is 244 g/mol. The Morgan fingerprint density at radius 1 is 1.22 bits per heavy atom. The molecule has 2 rings (SSSR count). The van der Waals surface area contributed by atoms with Gasteiger partial charge in [-0.25, -0.2) is 0 Å². The number of benzene rings is 1. The maximum atomic E-state index is 5.13. The van der Waals surface area contributed by atoms with E-state index in [0.29, 0.717) is 6.61 Å². The summed E-state index contributed by atoms with van der Waals surface area (Å²) in [6.07, 6.45) is 4.28. The second-order valence-corrected chi connectivity index (χ2v) is 4.34. The number of hydrogen-bond donors (Lipinski definition) is 1. The topological polar surface area (TPSA) is 26.2 Å². The molecule has 0 fully saturated rings. The van der Waals surface area contributed by atoms with Crippen LogP contribution in [0.25, 0.3) is 0 Å². The molecule has 0 amide bonds. The minimum Gasteiger partial charge on any atom is -0.381 e. The number of hydrogen-bond acceptors (Lipinski definition) is 2. The van der Waals surface area contributed by atoms with Crippen molar-refractivity contribution in [2.75, 3.05) is 12.4 Å². The van der Waals surface area contributed by atoms with Gasteiger partial charge in [-0.05, 0) is 36.2 Å². The summed E-state index contributed by atoms with van der Waals surface area (Å²) in [5.41, 5.74) is 3.62. The third-order valence-corrected chi connectivity index (χ3v) is 2.91. The molecule has 96 valence electrons. The first-order chi connectivity index (χ1) is 8.81. The van der Waals surface area contributed by atoms with Crippen LogP contribution in [0.4, 0.5) is 5.69 Å². The molecule has 1 aromatic heterocycles. The van der Waals surface area contributed by atoms with Crippen LogP contribution in [-0.4, -0.2) is 11.7 Å². The summed E-state index contributed by atoms with van der Waals surface area (Å²) in [7, 11) is 1.72. The Labute approximate surface area is 108 Å². The molecule has 3 nitrogen and oxygen atoms in total. The normalized spacial score (nSPS) is 10.6. The van der Waals surface area contributed by atoms with Crippen LogP contribution in [-0.2, 0) is 24.4 Å². The van der Waals surface area contributed by atoms with Gasteiger partial charge in [-0.3, -0.25) is 0 Å². The highest BCUT2D eigenvalue weighted by Gasteiger charge is 1.98. The van der Waals surface area contributed by atoms with E-state index < -0.39 is 0 Å². The lowest BCUT2D eigenvalue weighted by Gasteiger charge is -2.07. The Bertz CT molecular complexity index is 491. The molecule has 0 saturated heterocycles. The Hall–Kier alpha value is -1.74. The van der Waals surface area contributed by atoms with Crippen molar-refractivity contribution in [3.05, 3.63) is 53.9 Å². The molecule has 3 heteroatoms. The zero-order valence-electron chi connectivity index (χ0n) is 11.0. The largest absolute Gasteiger partial charge is 0.381 e. The van der Waals surface area contributed by atoms with Gasteiger partial charge in [-0.15, -0.1) is 0 Å². The highest BCUT2D eigenvalue weighted by molar-refractivity contribution is 5.46. The third kappa shape index (κ3) is 3.37. The molecule has 18 heavy (non-hydrogen) atoms. The second-order valence-electron chi connectivity index (χ2n) is 4.34. The molecule has 1 N–H and O–H groups in total. The van der Waals surface area contributed by atoms with Gasteiger partial charge in [0, 0.05) is 38.3 Å². The smallest absolute Gasteiger partial charge is 0.0713 e. The van der Waals surface area contributed by atoms with E-state index in [0.717, 1.165) is 18.8 Å². The fraction of sp³-hybridized carbons (Fsp3) is 0.333. The van der Waals surface area contributed by atoms with Crippen molar-refractivity contribution in [1.82, 2.24) is 4.57 Å². The number of methoxy groups -OCH3 is 1. The molecule has 0 saturated carbocycles. The molecule has 0 spiro atoms. The van der Waals surface area contributed by atoms with Crippen LogP contribution in [0.1, 0.15) is 18.1 Å². The maximum Gasteiger partial charge on any atom is 0.0713 e. The van der Waals surface area contributed by atoms with E-state index in [9.17, 15) is 0 Å². The van der Waals surface area contributed by atoms with Crippen LogP contribution >= 0.6 is 0 Å². The lowest BCUT2D eigenvalue weighted by Crippen LogP contribution is -1.99. The van der Waals surface area contributed by atoms with Crippen LogP contribution in [0.15, 0.2) is 42.7 Å². The summed E-state index contributed by atoms with van der Waals surface area (Å²) < 4.78 is 7.31. The van der Waals surface area contributed by atoms with Crippen molar-refractivity contribution in [3.8, 4) is 0 Å². The maximum absolute atomic E-state index is 5.13. The molecular weight excluding hydrogens is 224 g/mol. The van der Waals surface area contributed by atoms with Crippen molar-refractivity contribution < 1.29 is 4.74 Å². The zero-order chi connectivity index (χ0) is 12.8. The van der Waals surface area contributed by atoms with Gasteiger partial charge < -0.3 is 14.6 Å². The van der Waals surface area contributed by atoms with Crippen molar-refractivity contribution in [3.63, 3.8) is 0 Å². The number of nitrogens with zero attached hydrogens (tertiary/aromatic N) is 1. The summed E-state index contributed by atoms with van der Waals surface area (Å²) in [6, 6.07) is 10.5. The van der Waals surface area contributed by atoms with Crippen LogP contribution < -0.4 is 5.32 Å². The van der Waals surface area contributed by atoms with Crippen molar-refractivity contribution in [1.29, 1.82) is 0 Å². The fourth-order valence-corrected chi connectivity index (χ4v) is 1.93. The van der Waals surface area contributed by atoms with Crippen molar-refractivity contribution >= 4 is 5.69 Å². The van der Waals surface area contributed by atoms with Crippen LogP contribution in [0, 0.1) is 0 Å². The molecular formula is C15H20N2O. The van der Waals surface area contributed by atoms with Crippen LogP contribution in [0.3, 0.4) is 0 Å². The molecule has 1 heterocycles. The number of nitrogens with one attached hydrogen (secondary N) is 1. The number of ether oxygens (including phenoxy) is 1. The fourth-order valence-electron chi connectivity index (χ4n) is 1.93. The first kappa shape index (κ1) is 12.7. The van der Waals surface area contributed by atoms with Gasteiger partial charge in [0.15, 0.2) is 0 Å². The number of aryl methyl sites for hydroxylation is 1. The predicted octanol–water partition coefficient (Wildman–Crippen LogP) is 3.27. The summed E-state index contributed by atoms with van der Waals surface area (Å²) in [4.78, 5) is 0. The summed E-state index contributed by atoms with van der Waals surface area (Å²) in [6.45, 7) is 4.67. The quantitative estimate of drug-likeness (QED) is 0.844. The first-order valence-corrected chi connectivity index (χ1v) is 6.28. The van der Waals surface area contributed by atoms with E-state index in [1.54, 1.807) is 7.11 Å². The van der Waals surface area contributed by atoms with Crippen LogP contribution in [0.5, 0.6) is 0 Å². The van der Waals surface area contributed by atoms with E-state index in [1.165, 1.54) is 11.1 Å². The molecule has 0 aliphatic carbocycles. The summed E-state index contributed by atoms with van der Waals surface area (Å²) in [5, 5.41) is 3.43. The lowest BCUT2D eigenvalue weighted by atomic mass is 10.2. The minimum absolute atomic E-state index is 0.654. The van der Waals surface area contributed by atoms with Gasteiger partial charge in [-0.2, -0.15) is 0 Å². The van der Waals surface area contributed by atoms with E-state index in [2.05, 4.69) is 53.5 Å². The SMILES string of the molecule is CCn1ccc(CNc2cccc(COC)c2)c1. The second kappa shape index (κ2) is 6.26. The molecule has 0 radical (unpaired) electrons. The number of aromatic nitrogens is 1. The molecule has 0 unspecified atom stereocenters. The Kier molecular flexibility index (Phi) is 4.42. The van der Waals surface area contributed by atoms with Gasteiger partial charge in [0.25, 0.3) is 0 Å². The molecule has 2 aromatic rings. The average Bonchev–Trinajstić information content (AvgIpc) is 2.85. The third-order valence-electron chi connectivity index (χ3n) is 2.91. The molecule has 0 atom stereocenters. The van der Waals surface area contributed by atoms with Crippen LogP contribution in [0.2, 0.25) is 0 Å². The van der Waals surface area contributed by atoms with E-state index >= 15 is 0 Å². The van der Waals surface area contributed by atoms with Crippen molar-refractivity contribution in [2.45, 2.75) is 26.6 Å². The Morgan fingerprint density at radius 3 is 2.83 bits per heavy atom. The van der Waals surface area contributed by atoms with Gasteiger partial charge in [0.2, 0.25) is 0 Å². The summed E-state index contributed by atoms with van der Waals surface area (Å²) >= 11 is 0. The molecule has 0 aliphatic rings. The summed E-state index contributed by atoms with van der Waals surface area (Å²) in [5.74, 6) is 0. The Morgan fingerprint density at radius 2 is 2.11 bits per heavy atom. The predicted molar refractivity (Wildman–Crippen MR) is 74.6 cm³/mol. The standard InChI is InChI=1S/C15H20N2O/c1-3-17-8-7-14(11-17)10-16-15-6-4-5-13(9-15)12-18-2/h4-9,11,16H,3,10,12H2,1-2H3. The molecule has 1 aromatic carbocycles. The molecule has 0 aliphatic heterocycles. The van der Waals surface area contributed by atoms with Gasteiger partial charge in [-0.1, -0.05) is 12.1 Å². The van der Waals surface area contributed by atoms with E-state index in [-0.39, 0.29) is 0 Å². The monoisotopic (exact) mass is 244 g/mol. The highest BCUT2D eigenvalue weighted by Crippen LogP contribution is 2.13. The number of anilines is 1. The van der Waals surface area contributed by atoms with E-state index in [4.69, 9.17) is 4.74 Å². The van der Waals surface area contributed by atoms with Gasteiger partial charge in [0.1, 0.15) is 0 Å². The lowest BCUT2D eigenvalue weighted by molar-refractivity contribution is 0.185. The minimum atomic E-state index is 0.654. The van der Waals surface area contributed by atoms with E-state index in [1.807, 2.05) is 6.07 Å². The first-order valence-electron chi connectivity index (χ1n) is 6.28. The highest BCUT2D eigenvalue weighted by atomic mass is 16.5.